The summed E-state index contributed by atoms with van der Waals surface area (Å²) in [5, 5.41) is 6.73. The SMILES string of the molecule is CN=C(NCCOCc1ccccc1OC)NC1CCN(C(=O)C2CCCC2)C1. The number of guanidine groups is 1. The number of rotatable bonds is 8. The molecule has 0 aromatic heterocycles. The second-order valence-corrected chi connectivity index (χ2v) is 7.76. The summed E-state index contributed by atoms with van der Waals surface area (Å²) in [7, 11) is 3.43. The van der Waals surface area contributed by atoms with Gasteiger partial charge in [-0.3, -0.25) is 9.79 Å². The average Bonchev–Trinajstić information content (AvgIpc) is 3.45. The topological polar surface area (TPSA) is 75.2 Å². The Kier molecular flexibility index (Phi) is 8.16. The highest BCUT2D eigenvalue weighted by atomic mass is 16.5. The molecule has 1 aliphatic carbocycles. The molecule has 7 heteroatoms. The maximum Gasteiger partial charge on any atom is 0.225 e. The Morgan fingerprint density at radius 2 is 2.03 bits per heavy atom. The molecule has 1 saturated heterocycles. The number of aliphatic imine (C=N–C) groups is 1. The van der Waals surface area contributed by atoms with E-state index >= 15 is 0 Å². The number of ether oxygens (including phenoxy) is 2. The van der Waals surface area contributed by atoms with Gasteiger partial charge in [-0.15, -0.1) is 0 Å². The van der Waals surface area contributed by atoms with Gasteiger partial charge in [-0.1, -0.05) is 31.0 Å². The molecule has 1 saturated carbocycles. The average molecular weight is 403 g/mol. The molecule has 1 atom stereocenters. The number of nitrogens with one attached hydrogen (secondary N) is 2. The third kappa shape index (κ3) is 6.10. The van der Waals surface area contributed by atoms with Crippen molar-refractivity contribution >= 4 is 11.9 Å². The monoisotopic (exact) mass is 402 g/mol. The van der Waals surface area contributed by atoms with Gasteiger partial charge in [0.1, 0.15) is 5.75 Å². The van der Waals surface area contributed by atoms with Crippen molar-refractivity contribution in [2.24, 2.45) is 10.9 Å². The lowest BCUT2D eigenvalue weighted by Gasteiger charge is -2.21. The summed E-state index contributed by atoms with van der Waals surface area (Å²) in [5.41, 5.74) is 1.04. The van der Waals surface area contributed by atoms with Gasteiger partial charge in [-0.2, -0.15) is 0 Å². The van der Waals surface area contributed by atoms with E-state index in [2.05, 4.69) is 15.6 Å². The number of hydrogen-bond donors (Lipinski definition) is 2. The second-order valence-electron chi connectivity index (χ2n) is 7.76. The van der Waals surface area contributed by atoms with Gasteiger partial charge >= 0.3 is 0 Å². The van der Waals surface area contributed by atoms with Crippen molar-refractivity contribution in [3.63, 3.8) is 0 Å². The van der Waals surface area contributed by atoms with Crippen LogP contribution in [-0.2, 0) is 16.1 Å². The number of hydrogen-bond acceptors (Lipinski definition) is 4. The van der Waals surface area contributed by atoms with Gasteiger partial charge < -0.3 is 25.0 Å². The lowest BCUT2D eigenvalue weighted by molar-refractivity contribution is -0.134. The van der Waals surface area contributed by atoms with Crippen LogP contribution in [0.4, 0.5) is 0 Å². The molecule has 2 fully saturated rings. The number of benzene rings is 1. The van der Waals surface area contributed by atoms with E-state index in [4.69, 9.17) is 9.47 Å². The van der Waals surface area contributed by atoms with Gasteiger partial charge in [0, 0.05) is 44.2 Å². The minimum atomic E-state index is 0.251. The first kappa shape index (κ1) is 21.4. The summed E-state index contributed by atoms with van der Waals surface area (Å²) in [6, 6.07) is 8.12. The molecule has 0 bridgehead atoms. The zero-order chi connectivity index (χ0) is 20.5. The first-order valence-electron chi connectivity index (χ1n) is 10.7. The van der Waals surface area contributed by atoms with E-state index in [-0.39, 0.29) is 12.0 Å². The molecule has 160 valence electrons. The quantitative estimate of drug-likeness (QED) is 0.396. The summed E-state index contributed by atoms with van der Waals surface area (Å²) < 4.78 is 11.1. The Balaban J connectivity index is 1.34. The van der Waals surface area contributed by atoms with Crippen LogP contribution in [0.5, 0.6) is 5.75 Å². The molecule has 2 N–H and O–H groups in total. The fraction of sp³-hybridized carbons (Fsp3) is 0.636. The zero-order valence-corrected chi connectivity index (χ0v) is 17.7. The van der Waals surface area contributed by atoms with Crippen molar-refractivity contribution in [3.05, 3.63) is 29.8 Å². The van der Waals surface area contributed by atoms with Crippen molar-refractivity contribution in [3.8, 4) is 5.75 Å². The lowest BCUT2D eigenvalue weighted by Crippen LogP contribution is -2.46. The highest BCUT2D eigenvalue weighted by Crippen LogP contribution is 2.27. The minimum absolute atomic E-state index is 0.251. The summed E-state index contributed by atoms with van der Waals surface area (Å²) in [6.07, 6.45) is 5.48. The highest BCUT2D eigenvalue weighted by Gasteiger charge is 2.32. The van der Waals surface area contributed by atoms with Crippen LogP contribution in [0.1, 0.15) is 37.7 Å². The standard InChI is InChI=1S/C22H34N4O3/c1-23-22(24-12-14-29-16-18-9-5-6-10-20(18)28-2)25-19-11-13-26(15-19)21(27)17-7-3-4-8-17/h5-6,9-10,17,19H,3-4,7-8,11-16H2,1-2H3,(H2,23,24,25). The summed E-state index contributed by atoms with van der Waals surface area (Å²) in [5.74, 6) is 2.20. The highest BCUT2D eigenvalue weighted by molar-refractivity contribution is 5.81. The van der Waals surface area contributed by atoms with E-state index in [1.54, 1.807) is 14.2 Å². The van der Waals surface area contributed by atoms with E-state index in [1.807, 2.05) is 29.2 Å². The molecule has 1 aromatic rings. The van der Waals surface area contributed by atoms with Crippen LogP contribution in [0.2, 0.25) is 0 Å². The third-order valence-corrected chi connectivity index (χ3v) is 5.76. The maximum absolute atomic E-state index is 12.6. The van der Waals surface area contributed by atoms with Gasteiger partial charge in [0.15, 0.2) is 5.96 Å². The fourth-order valence-electron chi connectivity index (χ4n) is 4.14. The molecule has 2 aliphatic rings. The van der Waals surface area contributed by atoms with Gasteiger partial charge in [-0.25, -0.2) is 0 Å². The number of carbonyl (C=O) groups excluding carboxylic acids is 1. The number of carbonyl (C=O) groups is 1. The second kappa shape index (κ2) is 11.0. The molecule has 1 heterocycles. The zero-order valence-electron chi connectivity index (χ0n) is 17.7. The van der Waals surface area contributed by atoms with E-state index < -0.39 is 0 Å². The third-order valence-electron chi connectivity index (χ3n) is 5.76. The van der Waals surface area contributed by atoms with E-state index in [0.717, 1.165) is 49.6 Å². The van der Waals surface area contributed by atoms with Gasteiger partial charge in [0.25, 0.3) is 0 Å². The van der Waals surface area contributed by atoms with Gasteiger partial charge in [0.05, 0.1) is 20.3 Å². The van der Waals surface area contributed by atoms with Crippen LogP contribution in [-0.4, -0.2) is 63.2 Å². The number of likely N-dealkylation sites (tertiary alicyclic amines) is 1. The lowest BCUT2D eigenvalue weighted by atomic mass is 10.1. The van der Waals surface area contributed by atoms with Crippen molar-refractivity contribution < 1.29 is 14.3 Å². The number of amides is 1. The van der Waals surface area contributed by atoms with Gasteiger partial charge in [-0.05, 0) is 25.3 Å². The first-order chi connectivity index (χ1) is 14.2. The normalized spacial score (nSPS) is 20.1. The van der Waals surface area contributed by atoms with Crippen molar-refractivity contribution in [1.29, 1.82) is 0 Å². The molecule has 29 heavy (non-hydrogen) atoms. The molecule has 1 unspecified atom stereocenters. The minimum Gasteiger partial charge on any atom is -0.496 e. The maximum atomic E-state index is 12.6. The summed E-state index contributed by atoms with van der Waals surface area (Å²) in [6.45, 7) is 3.34. The summed E-state index contributed by atoms with van der Waals surface area (Å²) >= 11 is 0. The number of para-hydroxylation sites is 1. The molecule has 1 aromatic carbocycles. The van der Waals surface area contributed by atoms with E-state index in [0.29, 0.717) is 25.7 Å². The van der Waals surface area contributed by atoms with Crippen molar-refractivity contribution in [1.82, 2.24) is 15.5 Å². The van der Waals surface area contributed by atoms with Crippen molar-refractivity contribution in [2.45, 2.75) is 44.8 Å². The predicted octanol–water partition coefficient (Wildman–Crippen LogP) is 2.17. The smallest absolute Gasteiger partial charge is 0.225 e. The van der Waals surface area contributed by atoms with E-state index in [9.17, 15) is 4.79 Å². The molecule has 0 spiro atoms. The predicted molar refractivity (Wildman–Crippen MR) is 114 cm³/mol. The van der Waals surface area contributed by atoms with Crippen LogP contribution in [0.25, 0.3) is 0 Å². The Morgan fingerprint density at radius 1 is 1.24 bits per heavy atom. The van der Waals surface area contributed by atoms with Crippen LogP contribution < -0.4 is 15.4 Å². The summed E-state index contributed by atoms with van der Waals surface area (Å²) in [4.78, 5) is 18.9. The van der Waals surface area contributed by atoms with Crippen LogP contribution >= 0.6 is 0 Å². The molecule has 0 radical (unpaired) electrons. The van der Waals surface area contributed by atoms with Crippen LogP contribution in [0, 0.1) is 5.92 Å². The Bertz CT molecular complexity index is 688. The Hall–Kier alpha value is -2.28. The Labute approximate surface area is 173 Å². The van der Waals surface area contributed by atoms with E-state index in [1.165, 1.54) is 12.8 Å². The molecule has 1 aliphatic heterocycles. The van der Waals surface area contributed by atoms with Crippen molar-refractivity contribution in [2.75, 3.05) is 40.4 Å². The van der Waals surface area contributed by atoms with Crippen LogP contribution in [0.15, 0.2) is 29.3 Å². The first-order valence-corrected chi connectivity index (χ1v) is 10.7. The molecule has 3 rings (SSSR count). The molecular weight excluding hydrogens is 368 g/mol. The number of methoxy groups -OCH3 is 1. The molecule has 7 nitrogen and oxygen atoms in total. The molecular formula is C22H34N4O3. The fourth-order valence-corrected chi connectivity index (χ4v) is 4.14. The van der Waals surface area contributed by atoms with Crippen LogP contribution in [0.3, 0.4) is 0 Å². The Morgan fingerprint density at radius 3 is 2.79 bits per heavy atom. The van der Waals surface area contributed by atoms with Gasteiger partial charge in [0.2, 0.25) is 5.91 Å². The number of nitrogens with zero attached hydrogens (tertiary/aromatic N) is 2. The molecule has 1 amide bonds. The largest absolute Gasteiger partial charge is 0.496 e.